The van der Waals surface area contributed by atoms with E-state index < -0.39 is 6.10 Å². The van der Waals surface area contributed by atoms with Gasteiger partial charge in [-0.25, -0.2) is 0 Å². The molecule has 116 valence electrons. The third-order valence-electron chi connectivity index (χ3n) is 4.66. The Bertz CT molecular complexity index is 825. The molecule has 0 saturated carbocycles. The number of aliphatic hydroxyl groups excluding tert-OH is 1. The van der Waals surface area contributed by atoms with Crippen LogP contribution >= 0.6 is 0 Å². The van der Waals surface area contributed by atoms with E-state index in [-0.39, 0.29) is 17.6 Å². The summed E-state index contributed by atoms with van der Waals surface area (Å²) >= 11 is 0. The smallest absolute Gasteiger partial charge is 0.256 e. The molecule has 0 fully saturated rings. The van der Waals surface area contributed by atoms with E-state index in [2.05, 4.69) is 5.32 Å². The first-order valence-electron chi connectivity index (χ1n) is 7.77. The highest BCUT2D eigenvalue weighted by Gasteiger charge is 2.29. The SMILES string of the molecule is O=C1Nc2ccc(O)cc2C1=CC1CCC(O)c2ccccc21. The minimum atomic E-state index is -0.436. The number of phenolic OH excluding ortho intramolecular Hbond substituents is 1. The number of carbonyl (C=O) groups is 1. The Balaban J connectivity index is 1.79. The van der Waals surface area contributed by atoms with E-state index in [4.69, 9.17) is 0 Å². The van der Waals surface area contributed by atoms with Crippen molar-refractivity contribution in [1.82, 2.24) is 0 Å². The molecule has 23 heavy (non-hydrogen) atoms. The molecule has 2 unspecified atom stereocenters. The fourth-order valence-corrected chi connectivity index (χ4v) is 3.52. The Morgan fingerprint density at radius 2 is 1.87 bits per heavy atom. The lowest BCUT2D eigenvalue weighted by Crippen LogP contribution is -2.14. The molecule has 1 amide bonds. The molecular weight excluding hydrogens is 290 g/mol. The first-order valence-corrected chi connectivity index (χ1v) is 7.77. The molecule has 0 bridgehead atoms. The number of hydrogen-bond acceptors (Lipinski definition) is 3. The van der Waals surface area contributed by atoms with Crippen LogP contribution in [-0.2, 0) is 4.79 Å². The molecule has 1 aliphatic heterocycles. The molecule has 4 heteroatoms. The molecule has 4 rings (SSSR count). The molecule has 2 atom stereocenters. The first kappa shape index (κ1) is 14.0. The second-order valence-corrected chi connectivity index (χ2v) is 6.09. The summed E-state index contributed by atoms with van der Waals surface area (Å²) in [5.41, 5.74) is 4.06. The molecule has 1 aliphatic carbocycles. The first-order chi connectivity index (χ1) is 11.1. The Kier molecular flexibility index (Phi) is 3.20. The van der Waals surface area contributed by atoms with Crippen molar-refractivity contribution in [3.63, 3.8) is 0 Å². The van der Waals surface area contributed by atoms with Gasteiger partial charge in [0.2, 0.25) is 0 Å². The number of nitrogens with one attached hydrogen (secondary N) is 1. The maximum atomic E-state index is 12.3. The number of anilines is 1. The van der Waals surface area contributed by atoms with Crippen LogP contribution in [0.3, 0.4) is 0 Å². The summed E-state index contributed by atoms with van der Waals surface area (Å²) in [5, 5.41) is 22.7. The molecule has 0 radical (unpaired) electrons. The Hall–Kier alpha value is -2.59. The van der Waals surface area contributed by atoms with Crippen LogP contribution in [0.5, 0.6) is 5.75 Å². The quantitative estimate of drug-likeness (QED) is 0.559. The molecule has 2 aromatic carbocycles. The zero-order valence-electron chi connectivity index (χ0n) is 12.5. The van der Waals surface area contributed by atoms with Gasteiger partial charge in [0.15, 0.2) is 0 Å². The van der Waals surface area contributed by atoms with Crippen molar-refractivity contribution in [3.8, 4) is 5.75 Å². The summed E-state index contributed by atoms with van der Waals surface area (Å²) in [7, 11) is 0. The van der Waals surface area contributed by atoms with Gasteiger partial charge in [-0.1, -0.05) is 30.3 Å². The number of phenols is 1. The number of carbonyl (C=O) groups excluding carboxylic acids is 1. The number of allylic oxidation sites excluding steroid dienone is 1. The second kappa shape index (κ2) is 5.25. The summed E-state index contributed by atoms with van der Waals surface area (Å²) in [6.07, 6.45) is 3.00. The minimum Gasteiger partial charge on any atom is -0.508 e. The number of hydrogen-bond donors (Lipinski definition) is 3. The van der Waals surface area contributed by atoms with Crippen molar-refractivity contribution in [2.45, 2.75) is 24.9 Å². The minimum absolute atomic E-state index is 0.0867. The summed E-state index contributed by atoms with van der Waals surface area (Å²) in [6.45, 7) is 0. The van der Waals surface area contributed by atoms with Gasteiger partial charge in [-0.05, 0) is 42.2 Å². The highest BCUT2D eigenvalue weighted by atomic mass is 16.3. The van der Waals surface area contributed by atoms with Crippen LogP contribution in [0.15, 0.2) is 48.5 Å². The molecule has 1 heterocycles. The molecule has 4 nitrogen and oxygen atoms in total. The summed E-state index contributed by atoms with van der Waals surface area (Å²) in [4.78, 5) is 12.3. The van der Waals surface area contributed by atoms with Crippen molar-refractivity contribution in [2.24, 2.45) is 0 Å². The van der Waals surface area contributed by atoms with E-state index >= 15 is 0 Å². The van der Waals surface area contributed by atoms with E-state index in [9.17, 15) is 15.0 Å². The molecule has 3 N–H and O–H groups in total. The van der Waals surface area contributed by atoms with Crippen LogP contribution in [-0.4, -0.2) is 16.1 Å². The van der Waals surface area contributed by atoms with Crippen molar-refractivity contribution in [2.75, 3.05) is 5.32 Å². The molecule has 2 aliphatic rings. The Morgan fingerprint density at radius 3 is 2.70 bits per heavy atom. The fraction of sp³-hybridized carbons (Fsp3) is 0.211. The van der Waals surface area contributed by atoms with Crippen LogP contribution in [0.25, 0.3) is 5.57 Å². The highest BCUT2D eigenvalue weighted by Crippen LogP contribution is 2.41. The molecule has 0 saturated heterocycles. The van der Waals surface area contributed by atoms with Gasteiger partial charge in [0.1, 0.15) is 5.75 Å². The van der Waals surface area contributed by atoms with Crippen molar-refractivity contribution >= 4 is 17.2 Å². The number of aliphatic hydroxyl groups is 1. The predicted octanol–water partition coefficient (Wildman–Crippen LogP) is 3.34. The lowest BCUT2D eigenvalue weighted by atomic mass is 9.80. The van der Waals surface area contributed by atoms with E-state index in [1.54, 1.807) is 18.2 Å². The van der Waals surface area contributed by atoms with Gasteiger partial charge in [-0.3, -0.25) is 4.79 Å². The van der Waals surface area contributed by atoms with Gasteiger partial charge in [-0.15, -0.1) is 0 Å². The lowest BCUT2D eigenvalue weighted by Gasteiger charge is -2.27. The largest absolute Gasteiger partial charge is 0.508 e. The van der Waals surface area contributed by atoms with Gasteiger partial charge in [0, 0.05) is 22.7 Å². The summed E-state index contributed by atoms with van der Waals surface area (Å²) < 4.78 is 0. The van der Waals surface area contributed by atoms with Gasteiger partial charge in [-0.2, -0.15) is 0 Å². The van der Waals surface area contributed by atoms with E-state index in [1.807, 2.05) is 30.3 Å². The van der Waals surface area contributed by atoms with Crippen LogP contribution in [0.2, 0.25) is 0 Å². The van der Waals surface area contributed by atoms with Gasteiger partial charge in [0.05, 0.1) is 6.10 Å². The third-order valence-corrected chi connectivity index (χ3v) is 4.66. The molecule has 0 spiro atoms. The monoisotopic (exact) mass is 307 g/mol. The van der Waals surface area contributed by atoms with Crippen LogP contribution in [0.1, 0.15) is 41.6 Å². The van der Waals surface area contributed by atoms with Crippen LogP contribution in [0, 0.1) is 0 Å². The fourth-order valence-electron chi connectivity index (χ4n) is 3.52. The van der Waals surface area contributed by atoms with E-state index in [0.29, 0.717) is 12.0 Å². The highest BCUT2D eigenvalue weighted by molar-refractivity contribution is 6.31. The van der Waals surface area contributed by atoms with Crippen LogP contribution < -0.4 is 5.32 Å². The molecule has 0 aromatic heterocycles. The van der Waals surface area contributed by atoms with Gasteiger partial charge < -0.3 is 15.5 Å². The predicted molar refractivity (Wildman–Crippen MR) is 88.1 cm³/mol. The third kappa shape index (κ3) is 2.32. The number of amides is 1. The van der Waals surface area contributed by atoms with Crippen molar-refractivity contribution in [1.29, 1.82) is 0 Å². The van der Waals surface area contributed by atoms with E-state index in [1.165, 1.54) is 0 Å². The van der Waals surface area contributed by atoms with Gasteiger partial charge >= 0.3 is 0 Å². The topological polar surface area (TPSA) is 69.6 Å². The molecule has 2 aromatic rings. The maximum absolute atomic E-state index is 12.3. The summed E-state index contributed by atoms with van der Waals surface area (Å²) in [5.74, 6) is 0.0865. The normalized spacial score (nSPS) is 24.2. The van der Waals surface area contributed by atoms with Gasteiger partial charge in [0.25, 0.3) is 5.91 Å². The zero-order chi connectivity index (χ0) is 16.0. The van der Waals surface area contributed by atoms with Crippen molar-refractivity contribution in [3.05, 3.63) is 65.2 Å². The van der Waals surface area contributed by atoms with Crippen LogP contribution in [0.4, 0.5) is 5.69 Å². The number of benzene rings is 2. The Morgan fingerprint density at radius 1 is 1.09 bits per heavy atom. The molecular formula is C19H17NO3. The maximum Gasteiger partial charge on any atom is 0.256 e. The average Bonchev–Trinajstić information content (AvgIpc) is 2.86. The second-order valence-electron chi connectivity index (χ2n) is 6.09. The summed E-state index contributed by atoms with van der Waals surface area (Å²) in [6, 6.07) is 12.7. The Labute approximate surface area is 134 Å². The number of aromatic hydroxyl groups is 1. The zero-order valence-corrected chi connectivity index (χ0v) is 12.5. The number of rotatable bonds is 1. The average molecular weight is 307 g/mol. The number of fused-ring (bicyclic) bond motifs is 2. The lowest BCUT2D eigenvalue weighted by molar-refractivity contribution is -0.110. The van der Waals surface area contributed by atoms with E-state index in [0.717, 1.165) is 28.8 Å². The standard InChI is InChI=1S/C19H17NO3/c21-12-6-7-17-15(10-12)16(19(23)20-17)9-11-5-8-18(22)14-4-2-1-3-13(11)14/h1-4,6-7,9-11,18,21-22H,5,8H2,(H,20,23). The van der Waals surface area contributed by atoms with Crippen molar-refractivity contribution < 1.29 is 15.0 Å².